The first-order valence-corrected chi connectivity index (χ1v) is 5.69. The van der Waals surface area contributed by atoms with Gasteiger partial charge in [0.1, 0.15) is 5.75 Å². The summed E-state index contributed by atoms with van der Waals surface area (Å²) in [5.41, 5.74) is 0.974. The average Bonchev–Trinajstić information content (AvgIpc) is 2.27. The first-order valence-electron chi connectivity index (χ1n) is 5.69. The van der Waals surface area contributed by atoms with Crippen LogP contribution in [-0.2, 0) is 0 Å². The highest BCUT2D eigenvalue weighted by atomic mass is 16.3. The molecular formula is C13H20O3. The van der Waals surface area contributed by atoms with Crippen LogP contribution >= 0.6 is 0 Å². The van der Waals surface area contributed by atoms with Crippen molar-refractivity contribution in [3.8, 4) is 5.75 Å². The Morgan fingerprint density at radius 1 is 1.19 bits per heavy atom. The second-order valence-electron chi connectivity index (χ2n) is 4.27. The standard InChI is InChI=1S/C13H20O3/c1-3-12(15)13(16)7-9(2)10-5-4-6-11(14)8-10/h4-6,8-9,12-16H,3,7H2,1-2H3. The average molecular weight is 224 g/mol. The molecule has 16 heavy (non-hydrogen) atoms. The second-order valence-corrected chi connectivity index (χ2v) is 4.27. The van der Waals surface area contributed by atoms with E-state index in [2.05, 4.69) is 0 Å². The van der Waals surface area contributed by atoms with E-state index < -0.39 is 12.2 Å². The fraction of sp³-hybridized carbons (Fsp3) is 0.538. The molecule has 1 aromatic carbocycles. The van der Waals surface area contributed by atoms with Gasteiger partial charge in [0.25, 0.3) is 0 Å². The van der Waals surface area contributed by atoms with Crippen LogP contribution in [0.3, 0.4) is 0 Å². The molecular weight excluding hydrogens is 204 g/mol. The van der Waals surface area contributed by atoms with Crippen molar-refractivity contribution in [2.24, 2.45) is 0 Å². The number of benzene rings is 1. The van der Waals surface area contributed by atoms with Crippen molar-refractivity contribution >= 4 is 0 Å². The molecule has 0 aliphatic rings. The van der Waals surface area contributed by atoms with Gasteiger partial charge >= 0.3 is 0 Å². The van der Waals surface area contributed by atoms with Gasteiger partial charge in [-0.05, 0) is 36.5 Å². The molecule has 0 fully saturated rings. The highest BCUT2D eigenvalue weighted by molar-refractivity contribution is 5.29. The molecule has 3 atom stereocenters. The molecule has 0 aliphatic heterocycles. The topological polar surface area (TPSA) is 60.7 Å². The first-order chi connectivity index (χ1) is 7.54. The third-order valence-electron chi connectivity index (χ3n) is 2.90. The molecule has 0 aliphatic carbocycles. The highest BCUT2D eigenvalue weighted by Gasteiger charge is 2.18. The molecule has 0 radical (unpaired) electrons. The number of hydrogen-bond acceptors (Lipinski definition) is 3. The van der Waals surface area contributed by atoms with Gasteiger partial charge in [-0.3, -0.25) is 0 Å². The number of phenolic OH excluding ortho intramolecular Hbond substituents is 1. The third kappa shape index (κ3) is 3.51. The van der Waals surface area contributed by atoms with Crippen LogP contribution in [0.1, 0.15) is 38.2 Å². The molecule has 0 bridgehead atoms. The number of phenols is 1. The Balaban J connectivity index is 2.61. The summed E-state index contributed by atoms with van der Waals surface area (Å²) in [5, 5.41) is 28.5. The van der Waals surface area contributed by atoms with Crippen molar-refractivity contribution in [2.75, 3.05) is 0 Å². The Kier molecular flexibility index (Phi) is 4.77. The summed E-state index contributed by atoms with van der Waals surface area (Å²) in [6.45, 7) is 3.81. The number of aromatic hydroxyl groups is 1. The smallest absolute Gasteiger partial charge is 0.115 e. The van der Waals surface area contributed by atoms with Crippen LogP contribution in [0.5, 0.6) is 5.75 Å². The fourth-order valence-electron chi connectivity index (χ4n) is 1.76. The zero-order chi connectivity index (χ0) is 12.1. The molecule has 1 aromatic rings. The predicted octanol–water partition coefficient (Wildman–Crippen LogP) is 2.02. The Morgan fingerprint density at radius 2 is 1.88 bits per heavy atom. The molecule has 0 saturated carbocycles. The van der Waals surface area contributed by atoms with Crippen LogP contribution in [0.25, 0.3) is 0 Å². The zero-order valence-corrected chi connectivity index (χ0v) is 9.80. The van der Waals surface area contributed by atoms with Gasteiger partial charge in [-0.25, -0.2) is 0 Å². The summed E-state index contributed by atoms with van der Waals surface area (Å²) < 4.78 is 0. The van der Waals surface area contributed by atoms with Crippen LogP contribution in [0, 0.1) is 0 Å². The lowest BCUT2D eigenvalue weighted by Crippen LogP contribution is -2.26. The third-order valence-corrected chi connectivity index (χ3v) is 2.90. The number of aliphatic hydroxyl groups excluding tert-OH is 2. The minimum absolute atomic E-state index is 0.114. The van der Waals surface area contributed by atoms with Gasteiger partial charge in [0.15, 0.2) is 0 Å². The monoisotopic (exact) mass is 224 g/mol. The normalized spacial score (nSPS) is 16.8. The first kappa shape index (κ1) is 13.0. The molecule has 0 aromatic heterocycles. The largest absolute Gasteiger partial charge is 0.508 e. The van der Waals surface area contributed by atoms with Crippen molar-refractivity contribution in [1.29, 1.82) is 0 Å². The van der Waals surface area contributed by atoms with E-state index in [1.165, 1.54) is 0 Å². The van der Waals surface area contributed by atoms with Crippen molar-refractivity contribution in [1.82, 2.24) is 0 Å². The molecule has 90 valence electrons. The molecule has 0 saturated heterocycles. The Morgan fingerprint density at radius 3 is 2.44 bits per heavy atom. The highest BCUT2D eigenvalue weighted by Crippen LogP contribution is 2.24. The summed E-state index contributed by atoms with van der Waals surface area (Å²) in [4.78, 5) is 0. The molecule has 3 unspecified atom stereocenters. The number of rotatable bonds is 5. The molecule has 1 rings (SSSR count). The molecule has 0 amide bonds. The minimum atomic E-state index is -0.706. The SMILES string of the molecule is CCC(O)C(O)CC(C)c1cccc(O)c1. The van der Waals surface area contributed by atoms with Gasteiger partial charge in [-0.1, -0.05) is 26.0 Å². The minimum Gasteiger partial charge on any atom is -0.508 e. The summed E-state index contributed by atoms with van der Waals surface area (Å²) in [6, 6.07) is 7.00. The van der Waals surface area contributed by atoms with E-state index in [-0.39, 0.29) is 11.7 Å². The van der Waals surface area contributed by atoms with Gasteiger partial charge in [-0.15, -0.1) is 0 Å². The lowest BCUT2D eigenvalue weighted by Gasteiger charge is -2.20. The van der Waals surface area contributed by atoms with Gasteiger partial charge in [0.2, 0.25) is 0 Å². The number of hydrogen-bond donors (Lipinski definition) is 3. The summed E-state index contributed by atoms with van der Waals surface area (Å²) >= 11 is 0. The summed E-state index contributed by atoms with van der Waals surface area (Å²) in [6.07, 6.45) is -0.325. The Bertz CT molecular complexity index is 325. The molecule has 0 spiro atoms. The predicted molar refractivity (Wildman–Crippen MR) is 63.4 cm³/mol. The van der Waals surface area contributed by atoms with E-state index in [1.54, 1.807) is 18.2 Å². The second kappa shape index (κ2) is 5.87. The zero-order valence-electron chi connectivity index (χ0n) is 9.80. The van der Waals surface area contributed by atoms with Crippen LogP contribution in [0.4, 0.5) is 0 Å². The molecule has 3 heteroatoms. The maximum absolute atomic E-state index is 9.71. The lowest BCUT2D eigenvalue weighted by molar-refractivity contribution is 0.00953. The quantitative estimate of drug-likeness (QED) is 0.717. The van der Waals surface area contributed by atoms with E-state index in [1.807, 2.05) is 19.9 Å². The summed E-state index contributed by atoms with van der Waals surface area (Å²) in [5.74, 6) is 0.346. The van der Waals surface area contributed by atoms with Gasteiger partial charge in [0, 0.05) is 0 Å². The van der Waals surface area contributed by atoms with E-state index in [4.69, 9.17) is 0 Å². The van der Waals surface area contributed by atoms with Gasteiger partial charge < -0.3 is 15.3 Å². The van der Waals surface area contributed by atoms with Crippen LogP contribution < -0.4 is 0 Å². The molecule has 0 heterocycles. The Hall–Kier alpha value is -1.06. The van der Waals surface area contributed by atoms with Crippen LogP contribution in [-0.4, -0.2) is 27.5 Å². The van der Waals surface area contributed by atoms with E-state index in [9.17, 15) is 15.3 Å². The maximum atomic E-state index is 9.71. The van der Waals surface area contributed by atoms with E-state index in [0.29, 0.717) is 12.8 Å². The number of aliphatic hydroxyl groups is 2. The van der Waals surface area contributed by atoms with Crippen molar-refractivity contribution in [3.63, 3.8) is 0 Å². The summed E-state index contributed by atoms with van der Waals surface area (Å²) in [7, 11) is 0. The fourth-order valence-corrected chi connectivity index (χ4v) is 1.76. The Labute approximate surface area is 96.4 Å². The van der Waals surface area contributed by atoms with E-state index >= 15 is 0 Å². The van der Waals surface area contributed by atoms with Crippen molar-refractivity contribution in [3.05, 3.63) is 29.8 Å². The maximum Gasteiger partial charge on any atom is 0.115 e. The van der Waals surface area contributed by atoms with Crippen LogP contribution in [0.2, 0.25) is 0 Å². The van der Waals surface area contributed by atoms with E-state index in [0.717, 1.165) is 5.56 Å². The van der Waals surface area contributed by atoms with Crippen LogP contribution in [0.15, 0.2) is 24.3 Å². The van der Waals surface area contributed by atoms with Gasteiger partial charge in [0.05, 0.1) is 12.2 Å². The molecule has 3 N–H and O–H groups in total. The lowest BCUT2D eigenvalue weighted by atomic mass is 9.92. The van der Waals surface area contributed by atoms with Crippen molar-refractivity contribution in [2.45, 2.75) is 44.8 Å². The van der Waals surface area contributed by atoms with Gasteiger partial charge in [-0.2, -0.15) is 0 Å². The molecule has 3 nitrogen and oxygen atoms in total. The van der Waals surface area contributed by atoms with Crippen molar-refractivity contribution < 1.29 is 15.3 Å².